The maximum absolute atomic E-state index is 13.0. The predicted molar refractivity (Wildman–Crippen MR) is 105 cm³/mol. The van der Waals surface area contributed by atoms with Crippen molar-refractivity contribution in [3.63, 3.8) is 0 Å². The van der Waals surface area contributed by atoms with E-state index in [1.807, 2.05) is 0 Å². The number of alkyl halides is 3. The van der Waals surface area contributed by atoms with Crippen LogP contribution in [0, 0.1) is 6.92 Å². The van der Waals surface area contributed by atoms with Crippen LogP contribution in [-0.4, -0.2) is 45.5 Å². The lowest BCUT2D eigenvalue weighted by Crippen LogP contribution is -2.41. The van der Waals surface area contributed by atoms with Gasteiger partial charge in [-0.2, -0.15) is 13.2 Å². The largest absolute Gasteiger partial charge is 0.417 e. The number of aryl methyl sites for hydroxylation is 1. The van der Waals surface area contributed by atoms with Crippen LogP contribution in [0.25, 0.3) is 0 Å². The highest BCUT2D eigenvalue weighted by Gasteiger charge is 2.33. The van der Waals surface area contributed by atoms with Crippen molar-refractivity contribution in [1.29, 1.82) is 0 Å². The lowest BCUT2D eigenvalue weighted by molar-refractivity contribution is -0.137. The Bertz CT molecular complexity index is 1070. The number of nitrogens with one attached hydrogen (secondary N) is 1. The number of morpholine rings is 1. The number of sulfonamides is 1. The average Bonchev–Trinajstić information content (AvgIpc) is 2.69. The first-order valence-electron chi connectivity index (χ1n) is 8.86. The zero-order chi connectivity index (χ0) is 22.1. The molecule has 0 aliphatic carbocycles. The van der Waals surface area contributed by atoms with Gasteiger partial charge in [-0.05, 0) is 42.8 Å². The number of hydrogen-bond donors (Lipinski definition) is 1. The average molecular weight is 463 g/mol. The van der Waals surface area contributed by atoms with Gasteiger partial charge >= 0.3 is 6.18 Å². The quantitative estimate of drug-likeness (QED) is 0.746. The number of halogens is 4. The van der Waals surface area contributed by atoms with Crippen molar-refractivity contribution in [3.8, 4) is 0 Å². The van der Waals surface area contributed by atoms with Gasteiger partial charge in [-0.25, -0.2) is 8.42 Å². The summed E-state index contributed by atoms with van der Waals surface area (Å²) in [5, 5.41) is -0.542. The molecule has 0 bridgehead atoms. The van der Waals surface area contributed by atoms with Gasteiger partial charge in [0, 0.05) is 24.3 Å². The number of benzene rings is 2. The molecule has 1 saturated heterocycles. The van der Waals surface area contributed by atoms with Gasteiger partial charge in [0.15, 0.2) is 0 Å². The second-order valence-electron chi connectivity index (χ2n) is 6.68. The molecular weight excluding hydrogens is 445 g/mol. The summed E-state index contributed by atoms with van der Waals surface area (Å²) in [4.78, 5) is 14.1. The number of anilines is 1. The van der Waals surface area contributed by atoms with Gasteiger partial charge in [0.2, 0.25) is 0 Å². The summed E-state index contributed by atoms with van der Waals surface area (Å²) in [6.45, 7) is 3.23. The molecule has 1 heterocycles. The molecule has 3 rings (SSSR count). The smallest absolute Gasteiger partial charge is 0.378 e. The first-order chi connectivity index (χ1) is 14.0. The van der Waals surface area contributed by atoms with Gasteiger partial charge in [0.1, 0.15) is 0 Å². The van der Waals surface area contributed by atoms with Crippen LogP contribution < -0.4 is 4.72 Å². The number of hydrogen-bond acceptors (Lipinski definition) is 4. The van der Waals surface area contributed by atoms with Crippen LogP contribution in [0.5, 0.6) is 0 Å². The van der Waals surface area contributed by atoms with Crippen molar-refractivity contribution in [1.82, 2.24) is 4.90 Å². The van der Waals surface area contributed by atoms with Gasteiger partial charge in [-0.1, -0.05) is 17.7 Å². The molecule has 0 radical (unpaired) electrons. The monoisotopic (exact) mass is 462 g/mol. The molecule has 1 aliphatic heterocycles. The first kappa shape index (κ1) is 22.4. The highest BCUT2D eigenvalue weighted by molar-refractivity contribution is 7.92. The summed E-state index contributed by atoms with van der Waals surface area (Å²) in [5.41, 5.74) is -0.673. The fourth-order valence-electron chi connectivity index (χ4n) is 2.96. The summed E-state index contributed by atoms with van der Waals surface area (Å²) in [6.07, 6.45) is -4.74. The number of nitrogens with zero attached hydrogens (tertiary/aromatic N) is 1. The van der Waals surface area contributed by atoms with Crippen LogP contribution in [0.4, 0.5) is 18.9 Å². The van der Waals surface area contributed by atoms with E-state index in [1.165, 1.54) is 18.2 Å². The molecule has 11 heteroatoms. The van der Waals surface area contributed by atoms with Crippen molar-refractivity contribution in [2.75, 3.05) is 31.0 Å². The molecule has 0 unspecified atom stereocenters. The van der Waals surface area contributed by atoms with Crippen molar-refractivity contribution in [3.05, 3.63) is 58.1 Å². The topological polar surface area (TPSA) is 75.7 Å². The minimum atomic E-state index is -4.74. The Morgan fingerprint density at radius 1 is 1.13 bits per heavy atom. The highest BCUT2D eigenvalue weighted by Crippen LogP contribution is 2.36. The van der Waals surface area contributed by atoms with Gasteiger partial charge in [-0.15, -0.1) is 0 Å². The second kappa shape index (κ2) is 8.44. The zero-order valence-corrected chi connectivity index (χ0v) is 17.4. The Hall–Kier alpha value is -2.30. The van der Waals surface area contributed by atoms with Gasteiger partial charge < -0.3 is 9.64 Å². The van der Waals surface area contributed by atoms with E-state index in [0.717, 1.165) is 12.1 Å². The van der Waals surface area contributed by atoms with Crippen molar-refractivity contribution >= 4 is 33.2 Å². The molecular formula is C19H18ClF3N2O4S. The molecule has 162 valence electrons. The van der Waals surface area contributed by atoms with E-state index in [9.17, 15) is 26.4 Å². The van der Waals surface area contributed by atoms with Crippen LogP contribution >= 0.6 is 11.6 Å². The van der Waals surface area contributed by atoms with Crippen LogP contribution in [0.15, 0.2) is 41.3 Å². The highest BCUT2D eigenvalue weighted by atomic mass is 35.5. The SMILES string of the molecule is Cc1ccc(S(=O)(=O)Nc2ccc(Cl)c(C(F)(F)F)c2)cc1C(=O)N1CCOCC1. The maximum Gasteiger partial charge on any atom is 0.417 e. The molecule has 2 aromatic rings. The summed E-state index contributed by atoms with van der Waals surface area (Å²) < 4.78 is 71.9. The van der Waals surface area contributed by atoms with Gasteiger partial charge in [-0.3, -0.25) is 9.52 Å². The lowest BCUT2D eigenvalue weighted by atomic mass is 10.1. The third kappa shape index (κ3) is 4.88. The molecule has 6 nitrogen and oxygen atoms in total. The summed E-state index contributed by atoms with van der Waals surface area (Å²) in [5.74, 6) is -0.335. The molecule has 0 aromatic heterocycles. The molecule has 0 atom stereocenters. The van der Waals surface area contributed by atoms with E-state index in [4.69, 9.17) is 16.3 Å². The molecule has 1 amide bonds. The number of rotatable bonds is 4. The second-order valence-corrected chi connectivity index (χ2v) is 8.77. The Morgan fingerprint density at radius 2 is 1.80 bits per heavy atom. The van der Waals surface area contributed by atoms with E-state index in [1.54, 1.807) is 11.8 Å². The van der Waals surface area contributed by atoms with E-state index in [0.29, 0.717) is 37.9 Å². The molecule has 0 spiro atoms. The molecule has 2 aromatic carbocycles. The van der Waals surface area contributed by atoms with E-state index >= 15 is 0 Å². The fraction of sp³-hybridized carbons (Fsp3) is 0.316. The Kier molecular flexibility index (Phi) is 6.30. The Morgan fingerprint density at radius 3 is 2.43 bits per heavy atom. The molecule has 30 heavy (non-hydrogen) atoms. The third-order valence-corrected chi connectivity index (χ3v) is 6.28. The van der Waals surface area contributed by atoms with Gasteiger partial charge in [0.25, 0.3) is 15.9 Å². The minimum absolute atomic E-state index is 0.201. The number of carbonyl (C=O) groups excluding carboxylic acids is 1. The molecule has 1 fully saturated rings. The van der Waals surface area contributed by atoms with E-state index in [-0.39, 0.29) is 22.1 Å². The maximum atomic E-state index is 13.0. The van der Waals surface area contributed by atoms with Crippen LogP contribution in [0.1, 0.15) is 21.5 Å². The van der Waals surface area contributed by atoms with Crippen LogP contribution in [0.3, 0.4) is 0 Å². The van der Waals surface area contributed by atoms with Crippen molar-refractivity contribution in [2.45, 2.75) is 18.0 Å². The van der Waals surface area contributed by atoms with E-state index in [2.05, 4.69) is 4.72 Å². The normalized spacial score (nSPS) is 15.2. The zero-order valence-electron chi connectivity index (χ0n) is 15.8. The minimum Gasteiger partial charge on any atom is -0.378 e. The molecule has 1 aliphatic rings. The van der Waals surface area contributed by atoms with Gasteiger partial charge in [0.05, 0.1) is 28.7 Å². The van der Waals surface area contributed by atoms with Crippen molar-refractivity contribution in [2.24, 2.45) is 0 Å². The summed E-state index contributed by atoms with van der Waals surface area (Å²) in [7, 11) is -4.25. The molecule has 1 N–H and O–H groups in total. The summed E-state index contributed by atoms with van der Waals surface area (Å²) in [6, 6.07) is 6.69. The fourth-order valence-corrected chi connectivity index (χ4v) is 4.26. The standard InChI is InChI=1S/C19H18ClF3N2O4S/c1-12-2-4-14(11-15(12)18(26)25-6-8-29-9-7-25)30(27,28)24-13-3-5-17(20)16(10-13)19(21,22)23/h2-5,10-11,24H,6-9H2,1H3. The number of ether oxygens (including phenoxy) is 1. The van der Waals surface area contributed by atoms with E-state index < -0.39 is 26.8 Å². The predicted octanol–water partition coefficient (Wildman–Crippen LogP) is 3.94. The Labute approximate surface area is 176 Å². The molecule has 0 saturated carbocycles. The first-order valence-corrected chi connectivity index (χ1v) is 10.7. The van der Waals surface area contributed by atoms with Crippen LogP contribution in [-0.2, 0) is 20.9 Å². The third-order valence-electron chi connectivity index (χ3n) is 4.57. The van der Waals surface area contributed by atoms with Crippen LogP contribution in [0.2, 0.25) is 5.02 Å². The number of carbonyl (C=O) groups is 1. The van der Waals surface area contributed by atoms with Crippen molar-refractivity contribution < 1.29 is 31.1 Å². The number of amides is 1. The Balaban J connectivity index is 1.91. The summed E-state index contributed by atoms with van der Waals surface area (Å²) >= 11 is 5.57. The lowest BCUT2D eigenvalue weighted by Gasteiger charge is -2.27.